The second-order valence-corrected chi connectivity index (χ2v) is 7.98. The molecular weight excluding hydrogens is 320 g/mol. The second kappa shape index (κ2) is 6.36. The molecule has 0 radical (unpaired) electrons. The Kier molecular flexibility index (Phi) is 4.46. The molecule has 0 amide bonds. The van der Waals surface area contributed by atoms with Gasteiger partial charge in [0.1, 0.15) is 6.10 Å². The van der Waals surface area contributed by atoms with Crippen LogP contribution in [0.15, 0.2) is 40.7 Å². The van der Waals surface area contributed by atoms with Crippen LogP contribution in [0.3, 0.4) is 0 Å². The van der Waals surface area contributed by atoms with Gasteiger partial charge < -0.3 is 4.74 Å². The lowest BCUT2D eigenvalue weighted by molar-refractivity contribution is 0.214. The molecule has 7 heteroatoms. The van der Waals surface area contributed by atoms with E-state index in [0.717, 1.165) is 12.0 Å². The summed E-state index contributed by atoms with van der Waals surface area (Å²) in [5.41, 5.74) is 1.13. The lowest BCUT2D eigenvalue weighted by Gasteiger charge is -2.16. The molecule has 0 aliphatic carbocycles. The number of hydrogen-bond acceptors (Lipinski definition) is 5. The Labute approximate surface area is 134 Å². The van der Waals surface area contributed by atoms with Crippen molar-refractivity contribution in [3.8, 4) is 5.19 Å². The van der Waals surface area contributed by atoms with Gasteiger partial charge in [-0.05, 0) is 30.5 Å². The fourth-order valence-electron chi connectivity index (χ4n) is 2.47. The Bertz CT molecular complexity index is 712. The monoisotopic (exact) mass is 338 g/mol. The molecule has 1 unspecified atom stereocenters. The molecule has 0 bridgehead atoms. The highest BCUT2D eigenvalue weighted by Gasteiger charge is 2.33. The number of aryl methyl sites for hydroxylation is 1. The molecular formula is C15H18N2O3S2. The summed E-state index contributed by atoms with van der Waals surface area (Å²) in [4.78, 5) is 4.42. The highest BCUT2D eigenvalue weighted by Crippen LogP contribution is 2.25. The van der Waals surface area contributed by atoms with Crippen LogP contribution in [0.5, 0.6) is 5.19 Å². The van der Waals surface area contributed by atoms with Gasteiger partial charge in [0.15, 0.2) is 0 Å². The molecule has 1 atom stereocenters. The third-order valence-corrected chi connectivity index (χ3v) is 6.29. The first kappa shape index (κ1) is 15.5. The van der Waals surface area contributed by atoms with Crippen molar-refractivity contribution in [2.24, 2.45) is 0 Å². The Balaban J connectivity index is 1.70. The number of rotatable bonds is 5. The highest BCUT2D eigenvalue weighted by molar-refractivity contribution is 7.89. The predicted octanol–water partition coefficient (Wildman–Crippen LogP) is 2.55. The van der Waals surface area contributed by atoms with E-state index in [1.807, 2.05) is 24.4 Å². The molecule has 1 aliphatic heterocycles. The van der Waals surface area contributed by atoms with Crippen molar-refractivity contribution in [3.63, 3.8) is 0 Å². The van der Waals surface area contributed by atoms with Crippen molar-refractivity contribution in [3.05, 3.63) is 41.4 Å². The Morgan fingerprint density at radius 2 is 2.14 bits per heavy atom. The maximum absolute atomic E-state index is 12.6. The lowest BCUT2D eigenvalue weighted by Crippen LogP contribution is -2.31. The largest absolute Gasteiger partial charge is 0.465 e. The zero-order valence-corrected chi connectivity index (χ0v) is 13.9. The fourth-order valence-corrected chi connectivity index (χ4v) is 4.51. The van der Waals surface area contributed by atoms with Crippen molar-refractivity contribution in [1.82, 2.24) is 9.29 Å². The number of sulfonamides is 1. The van der Waals surface area contributed by atoms with E-state index in [1.54, 1.807) is 18.3 Å². The van der Waals surface area contributed by atoms with E-state index >= 15 is 0 Å². The third-order valence-electron chi connectivity index (χ3n) is 3.75. The van der Waals surface area contributed by atoms with Gasteiger partial charge >= 0.3 is 0 Å². The average molecular weight is 338 g/mol. The quantitative estimate of drug-likeness (QED) is 0.841. The van der Waals surface area contributed by atoms with Crippen LogP contribution >= 0.6 is 11.3 Å². The van der Waals surface area contributed by atoms with Gasteiger partial charge in [-0.1, -0.05) is 30.4 Å². The van der Waals surface area contributed by atoms with E-state index in [2.05, 4.69) is 4.98 Å². The number of hydrogen-bond donors (Lipinski definition) is 0. The molecule has 1 aromatic carbocycles. The predicted molar refractivity (Wildman–Crippen MR) is 85.7 cm³/mol. The van der Waals surface area contributed by atoms with Crippen LogP contribution in [0, 0.1) is 0 Å². The smallest absolute Gasteiger partial charge is 0.273 e. The van der Waals surface area contributed by atoms with Crippen molar-refractivity contribution in [1.29, 1.82) is 0 Å². The van der Waals surface area contributed by atoms with Crippen LogP contribution in [0.4, 0.5) is 0 Å². The molecule has 22 heavy (non-hydrogen) atoms. The van der Waals surface area contributed by atoms with Crippen LogP contribution in [0.2, 0.25) is 0 Å². The Morgan fingerprint density at radius 1 is 1.36 bits per heavy atom. The summed E-state index contributed by atoms with van der Waals surface area (Å²) in [6.07, 6.45) is 3.13. The molecule has 0 spiro atoms. The summed E-state index contributed by atoms with van der Waals surface area (Å²) in [5, 5.41) is 2.44. The van der Waals surface area contributed by atoms with Crippen molar-refractivity contribution in [2.75, 3.05) is 13.1 Å². The van der Waals surface area contributed by atoms with Crippen LogP contribution in [0.1, 0.15) is 18.9 Å². The standard InChI is InChI=1S/C15H18N2O3S2/c1-2-12-3-5-14(6-4-12)22(18,19)17-9-7-13(11-17)20-15-16-8-10-21-15/h3-6,8,10,13H,2,7,9,11H2,1H3. The molecule has 118 valence electrons. The van der Waals surface area contributed by atoms with Crippen LogP contribution in [0.25, 0.3) is 0 Å². The molecule has 1 aliphatic rings. The molecule has 0 N–H and O–H groups in total. The fraction of sp³-hybridized carbons (Fsp3) is 0.400. The first-order valence-corrected chi connectivity index (χ1v) is 9.57. The zero-order valence-electron chi connectivity index (χ0n) is 12.3. The van der Waals surface area contributed by atoms with Gasteiger partial charge in [0.25, 0.3) is 5.19 Å². The number of ether oxygens (including phenoxy) is 1. The molecule has 0 saturated carbocycles. The van der Waals surface area contributed by atoms with E-state index in [-0.39, 0.29) is 6.10 Å². The van der Waals surface area contributed by atoms with Crippen LogP contribution in [-0.2, 0) is 16.4 Å². The van der Waals surface area contributed by atoms with Gasteiger partial charge in [-0.15, -0.1) is 0 Å². The van der Waals surface area contributed by atoms with Crippen molar-refractivity contribution >= 4 is 21.4 Å². The molecule has 2 aromatic rings. The van der Waals surface area contributed by atoms with E-state index in [1.165, 1.54) is 15.6 Å². The highest BCUT2D eigenvalue weighted by atomic mass is 32.2. The van der Waals surface area contributed by atoms with E-state index < -0.39 is 10.0 Å². The molecule has 1 fully saturated rings. The summed E-state index contributed by atoms with van der Waals surface area (Å²) in [7, 11) is -3.44. The van der Waals surface area contributed by atoms with E-state index in [0.29, 0.717) is 29.6 Å². The van der Waals surface area contributed by atoms with Crippen molar-refractivity contribution in [2.45, 2.75) is 30.8 Å². The molecule has 1 saturated heterocycles. The minimum atomic E-state index is -3.44. The maximum Gasteiger partial charge on any atom is 0.273 e. The first-order chi connectivity index (χ1) is 10.6. The molecule has 3 rings (SSSR count). The second-order valence-electron chi connectivity index (χ2n) is 5.19. The molecule has 5 nitrogen and oxygen atoms in total. The maximum atomic E-state index is 12.6. The average Bonchev–Trinajstić information content (AvgIpc) is 3.20. The number of aromatic nitrogens is 1. The van der Waals surface area contributed by atoms with E-state index in [4.69, 9.17) is 4.74 Å². The summed E-state index contributed by atoms with van der Waals surface area (Å²) >= 11 is 1.42. The Hall–Kier alpha value is -1.44. The summed E-state index contributed by atoms with van der Waals surface area (Å²) in [5.74, 6) is 0. The number of thiazole rings is 1. The number of benzene rings is 1. The van der Waals surface area contributed by atoms with Gasteiger partial charge in [-0.2, -0.15) is 4.31 Å². The van der Waals surface area contributed by atoms with Gasteiger partial charge in [0, 0.05) is 18.1 Å². The molecule has 1 aromatic heterocycles. The minimum Gasteiger partial charge on any atom is -0.465 e. The number of nitrogens with zero attached hydrogens (tertiary/aromatic N) is 2. The van der Waals surface area contributed by atoms with Crippen molar-refractivity contribution < 1.29 is 13.2 Å². The third kappa shape index (κ3) is 3.16. The van der Waals surface area contributed by atoms with Crippen LogP contribution in [-0.4, -0.2) is 36.9 Å². The van der Waals surface area contributed by atoms with Gasteiger partial charge in [-0.25, -0.2) is 13.4 Å². The minimum absolute atomic E-state index is 0.129. The van der Waals surface area contributed by atoms with Gasteiger partial charge in [0.05, 0.1) is 11.4 Å². The first-order valence-electron chi connectivity index (χ1n) is 7.25. The summed E-state index contributed by atoms with van der Waals surface area (Å²) in [6.45, 7) is 2.90. The van der Waals surface area contributed by atoms with Gasteiger partial charge in [0.2, 0.25) is 10.0 Å². The SMILES string of the molecule is CCc1ccc(S(=O)(=O)N2CCC(Oc3nccs3)C2)cc1. The normalized spacial score (nSPS) is 19.4. The zero-order chi connectivity index (χ0) is 15.6. The van der Waals surface area contributed by atoms with Crippen LogP contribution < -0.4 is 4.74 Å². The van der Waals surface area contributed by atoms with Gasteiger partial charge in [-0.3, -0.25) is 0 Å². The summed E-state index contributed by atoms with van der Waals surface area (Å²) in [6, 6.07) is 7.10. The molecule has 2 heterocycles. The topological polar surface area (TPSA) is 59.5 Å². The van der Waals surface area contributed by atoms with E-state index in [9.17, 15) is 8.42 Å². The summed E-state index contributed by atoms with van der Waals surface area (Å²) < 4.78 is 32.5. The Morgan fingerprint density at radius 3 is 2.77 bits per heavy atom. The lowest BCUT2D eigenvalue weighted by atomic mass is 10.2.